The molecule has 5 heteroatoms. The smallest absolute Gasteiger partial charge is 0.228 e. The van der Waals surface area contributed by atoms with E-state index in [1.165, 1.54) is 0 Å². The van der Waals surface area contributed by atoms with E-state index in [9.17, 15) is 4.79 Å². The van der Waals surface area contributed by atoms with E-state index in [1.807, 2.05) is 63.2 Å². The van der Waals surface area contributed by atoms with E-state index in [-0.39, 0.29) is 23.8 Å². The number of carbonyl (C=O) groups excluding carboxylic acids is 1. The summed E-state index contributed by atoms with van der Waals surface area (Å²) in [6.07, 6.45) is 0. The van der Waals surface area contributed by atoms with Gasteiger partial charge < -0.3 is 14.8 Å². The van der Waals surface area contributed by atoms with Gasteiger partial charge in [0.1, 0.15) is 13.2 Å². The molecule has 1 aliphatic heterocycles. The van der Waals surface area contributed by atoms with Gasteiger partial charge in [0.25, 0.3) is 0 Å². The molecule has 0 spiro atoms. The Balaban J connectivity index is 1.75. The van der Waals surface area contributed by atoms with Gasteiger partial charge in [0.05, 0.1) is 12.0 Å². The van der Waals surface area contributed by atoms with Crippen LogP contribution in [0, 0.1) is 5.92 Å². The Morgan fingerprint density at radius 1 is 0.962 bits per heavy atom. The molecule has 1 amide bonds. The lowest BCUT2D eigenvalue weighted by Gasteiger charge is -2.25. The molecular formula is C21H24ClNO3. The van der Waals surface area contributed by atoms with Crippen molar-refractivity contribution in [1.29, 1.82) is 0 Å². The number of carbonyl (C=O) groups is 1. The third-order valence-electron chi connectivity index (χ3n) is 4.60. The number of hydrogen-bond donors (Lipinski definition) is 1. The number of benzene rings is 2. The van der Waals surface area contributed by atoms with Crippen molar-refractivity contribution in [3.05, 3.63) is 58.6 Å². The molecule has 2 unspecified atom stereocenters. The van der Waals surface area contributed by atoms with Gasteiger partial charge in [-0.2, -0.15) is 0 Å². The summed E-state index contributed by atoms with van der Waals surface area (Å²) in [6.45, 7) is 7.18. The first-order chi connectivity index (χ1) is 12.5. The predicted octanol–water partition coefficient (Wildman–Crippen LogP) is 4.73. The molecule has 0 aromatic heterocycles. The van der Waals surface area contributed by atoms with Crippen molar-refractivity contribution in [2.24, 2.45) is 5.92 Å². The van der Waals surface area contributed by atoms with E-state index < -0.39 is 0 Å². The third-order valence-corrected chi connectivity index (χ3v) is 4.86. The predicted molar refractivity (Wildman–Crippen MR) is 103 cm³/mol. The van der Waals surface area contributed by atoms with Crippen LogP contribution in [0.25, 0.3) is 0 Å². The average Bonchev–Trinajstić information content (AvgIpc) is 2.62. The largest absolute Gasteiger partial charge is 0.486 e. The maximum atomic E-state index is 12.9. The van der Waals surface area contributed by atoms with Crippen molar-refractivity contribution in [2.45, 2.75) is 32.7 Å². The molecule has 0 radical (unpaired) electrons. The van der Waals surface area contributed by atoms with Crippen LogP contribution in [0.5, 0.6) is 11.5 Å². The zero-order chi connectivity index (χ0) is 18.7. The molecule has 2 aromatic rings. The lowest BCUT2D eigenvalue weighted by Crippen LogP contribution is -2.34. The fraction of sp³-hybridized carbons (Fsp3) is 0.381. The van der Waals surface area contributed by atoms with E-state index >= 15 is 0 Å². The normalized spacial score (nSPS) is 15.4. The molecule has 2 atom stereocenters. The number of hydrogen-bond acceptors (Lipinski definition) is 3. The van der Waals surface area contributed by atoms with E-state index in [1.54, 1.807) is 0 Å². The van der Waals surface area contributed by atoms with Crippen LogP contribution >= 0.6 is 11.6 Å². The molecule has 1 aliphatic rings. The lowest BCUT2D eigenvalue weighted by molar-refractivity contribution is -0.124. The molecule has 0 bridgehead atoms. The van der Waals surface area contributed by atoms with Crippen LogP contribution in [0.15, 0.2) is 42.5 Å². The fourth-order valence-electron chi connectivity index (χ4n) is 3.22. The van der Waals surface area contributed by atoms with Crippen molar-refractivity contribution in [3.8, 4) is 11.5 Å². The minimum absolute atomic E-state index is 0.00436. The minimum atomic E-state index is -0.230. The quantitative estimate of drug-likeness (QED) is 0.824. The Kier molecular flexibility index (Phi) is 5.72. The summed E-state index contributed by atoms with van der Waals surface area (Å²) in [7, 11) is 0. The third kappa shape index (κ3) is 4.13. The average molecular weight is 374 g/mol. The summed E-state index contributed by atoms with van der Waals surface area (Å²) in [5.41, 5.74) is 1.96. The van der Waals surface area contributed by atoms with Crippen molar-refractivity contribution >= 4 is 17.5 Å². The fourth-order valence-corrected chi connectivity index (χ4v) is 3.35. The van der Waals surface area contributed by atoms with Crippen molar-refractivity contribution in [2.75, 3.05) is 13.2 Å². The van der Waals surface area contributed by atoms with E-state index in [0.29, 0.717) is 18.2 Å². The van der Waals surface area contributed by atoms with Crippen LogP contribution in [0.4, 0.5) is 0 Å². The van der Waals surface area contributed by atoms with Crippen LogP contribution in [0.1, 0.15) is 43.9 Å². The number of fused-ring (bicyclic) bond motifs is 1. The van der Waals surface area contributed by atoms with Gasteiger partial charge in [-0.3, -0.25) is 4.79 Å². The number of rotatable bonds is 5. The Hall–Kier alpha value is -2.20. The highest BCUT2D eigenvalue weighted by atomic mass is 35.5. The molecule has 0 saturated heterocycles. The Labute approximate surface area is 159 Å². The zero-order valence-electron chi connectivity index (χ0n) is 15.3. The molecule has 26 heavy (non-hydrogen) atoms. The maximum Gasteiger partial charge on any atom is 0.228 e. The summed E-state index contributed by atoms with van der Waals surface area (Å²) in [5.74, 6) is 1.42. The first-order valence-corrected chi connectivity index (χ1v) is 9.29. The van der Waals surface area contributed by atoms with Gasteiger partial charge in [0.15, 0.2) is 11.5 Å². The maximum absolute atomic E-state index is 12.9. The standard InChI is InChI=1S/C21H24ClNO3/c1-13(2)20(15-4-7-17(22)8-5-15)21(24)23-14(3)16-6-9-18-19(12-16)26-11-10-25-18/h4-9,12-14,20H,10-11H2,1-3H3,(H,23,24). The van der Waals surface area contributed by atoms with Gasteiger partial charge in [-0.25, -0.2) is 0 Å². The molecule has 0 saturated carbocycles. The second-order valence-corrected chi connectivity index (χ2v) is 7.34. The Bertz CT molecular complexity index is 773. The highest BCUT2D eigenvalue weighted by Gasteiger charge is 2.26. The van der Waals surface area contributed by atoms with E-state index in [4.69, 9.17) is 21.1 Å². The summed E-state index contributed by atoms with van der Waals surface area (Å²) in [6, 6.07) is 13.1. The van der Waals surface area contributed by atoms with Gasteiger partial charge in [0, 0.05) is 5.02 Å². The second kappa shape index (κ2) is 8.00. The van der Waals surface area contributed by atoms with Gasteiger partial charge in [-0.15, -0.1) is 0 Å². The monoisotopic (exact) mass is 373 g/mol. The first-order valence-electron chi connectivity index (χ1n) is 8.91. The molecule has 2 aromatic carbocycles. The minimum Gasteiger partial charge on any atom is -0.486 e. The number of ether oxygens (including phenoxy) is 2. The Morgan fingerprint density at radius 3 is 2.23 bits per heavy atom. The molecule has 3 rings (SSSR count). The summed E-state index contributed by atoms with van der Waals surface area (Å²) >= 11 is 5.98. The van der Waals surface area contributed by atoms with Crippen LogP contribution in [-0.2, 0) is 4.79 Å². The molecule has 4 nitrogen and oxygen atoms in total. The SMILES string of the molecule is CC(NC(=O)C(c1ccc(Cl)cc1)C(C)C)c1ccc2c(c1)OCCO2. The first kappa shape index (κ1) is 18.6. The van der Waals surface area contributed by atoms with Gasteiger partial charge >= 0.3 is 0 Å². The molecule has 1 N–H and O–H groups in total. The van der Waals surface area contributed by atoms with Gasteiger partial charge in [-0.05, 0) is 48.2 Å². The zero-order valence-corrected chi connectivity index (χ0v) is 16.0. The lowest BCUT2D eigenvalue weighted by atomic mass is 9.87. The van der Waals surface area contributed by atoms with Gasteiger partial charge in [0.2, 0.25) is 5.91 Å². The summed E-state index contributed by atoms with van der Waals surface area (Å²) in [4.78, 5) is 12.9. The Morgan fingerprint density at radius 2 is 1.58 bits per heavy atom. The van der Waals surface area contributed by atoms with E-state index in [2.05, 4.69) is 5.32 Å². The number of amides is 1. The van der Waals surface area contributed by atoms with E-state index in [0.717, 1.165) is 22.6 Å². The van der Waals surface area contributed by atoms with Crippen LogP contribution < -0.4 is 14.8 Å². The van der Waals surface area contributed by atoms with Crippen LogP contribution in [0.2, 0.25) is 5.02 Å². The molecule has 0 fully saturated rings. The van der Waals surface area contributed by atoms with Crippen LogP contribution in [-0.4, -0.2) is 19.1 Å². The molecule has 1 heterocycles. The molecule has 0 aliphatic carbocycles. The topological polar surface area (TPSA) is 47.6 Å². The highest BCUT2D eigenvalue weighted by Crippen LogP contribution is 2.33. The second-order valence-electron chi connectivity index (χ2n) is 6.91. The molecular weight excluding hydrogens is 350 g/mol. The van der Waals surface area contributed by atoms with Crippen molar-refractivity contribution in [3.63, 3.8) is 0 Å². The number of halogens is 1. The summed E-state index contributed by atoms with van der Waals surface area (Å²) < 4.78 is 11.2. The number of nitrogens with one attached hydrogen (secondary N) is 1. The van der Waals surface area contributed by atoms with Crippen molar-refractivity contribution < 1.29 is 14.3 Å². The molecule has 138 valence electrons. The van der Waals surface area contributed by atoms with Gasteiger partial charge in [-0.1, -0.05) is 43.6 Å². The van der Waals surface area contributed by atoms with Crippen molar-refractivity contribution in [1.82, 2.24) is 5.32 Å². The summed E-state index contributed by atoms with van der Waals surface area (Å²) in [5, 5.41) is 3.80. The highest BCUT2D eigenvalue weighted by molar-refractivity contribution is 6.30. The van der Waals surface area contributed by atoms with Crippen LogP contribution in [0.3, 0.4) is 0 Å².